The van der Waals surface area contributed by atoms with Crippen molar-refractivity contribution in [2.45, 2.75) is 19.3 Å². The van der Waals surface area contributed by atoms with E-state index in [1.54, 1.807) is 0 Å². The Balaban J connectivity index is 2.65. The van der Waals surface area contributed by atoms with Gasteiger partial charge in [0.1, 0.15) is 23.0 Å². The van der Waals surface area contributed by atoms with Crippen molar-refractivity contribution >= 4 is 23.0 Å². The highest BCUT2D eigenvalue weighted by Crippen LogP contribution is 1.96. The van der Waals surface area contributed by atoms with Crippen molar-refractivity contribution in [2.75, 3.05) is 6.61 Å². The highest BCUT2D eigenvalue weighted by Gasteiger charge is 1.82. The first kappa shape index (κ1) is 8.25. The van der Waals surface area contributed by atoms with E-state index in [-0.39, 0.29) is 0 Å². The molecule has 0 aromatic heterocycles. The first-order valence-electron chi connectivity index (χ1n) is 2.59. The molecule has 0 aromatic rings. The zero-order chi connectivity index (χ0) is 6.24. The molecule has 46 valence electrons. The van der Waals surface area contributed by atoms with Gasteiger partial charge in [0.25, 0.3) is 0 Å². The third kappa shape index (κ3) is 6.25. The van der Waals surface area contributed by atoms with Crippen LogP contribution in [0.5, 0.6) is 0 Å². The van der Waals surface area contributed by atoms with Crippen molar-refractivity contribution in [1.29, 1.82) is 0 Å². The quantitative estimate of drug-likeness (QED) is 0.404. The molecule has 0 aliphatic rings. The smallest absolute Gasteiger partial charge is 0.109 e. The fourth-order valence-electron chi connectivity index (χ4n) is 0.384. The Labute approximate surface area is 64.5 Å². The largest absolute Gasteiger partial charge is 0.316 e. The molecule has 0 heterocycles. The lowest BCUT2D eigenvalue weighted by Gasteiger charge is -1.90. The van der Waals surface area contributed by atoms with E-state index >= 15 is 0 Å². The monoisotopic (exact) mass is 224 g/mol. The van der Waals surface area contributed by atoms with E-state index in [9.17, 15) is 0 Å². The summed E-state index contributed by atoms with van der Waals surface area (Å²) in [5.41, 5.74) is 0. The molecule has 0 amide bonds. The van der Waals surface area contributed by atoms with Crippen LogP contribution >= 0.6 is 23.0 Å². The van der Waals surface area contributed by atoms with Crippen molar-refractivity contribution in [3.63, 3.8) is 0 Å². The summed E-state index contributed by atoms with van der Waals surface area (Å²) < 4.78 is 4.79. The topological polar surface area (TPSA) is 9.23 Å². The van der Waals surface area contributed by atoms with Crippen LogP contribution in [0.1, 0.15) is 19.3 Å². The Kier molecular flexibility index (Phi) is 7.48. The number of hydrogen-bond donors (Lipinski definition) is 0. The Hall–Kier alpha value is 0.250. The summed E-state index contributed by atoms with van der Waals surface area (Å²) in [5, 5.41) is 0. The lowest BCUT2D eigenvalue weighted by atomic mass is 10.2. The third-order valence-electron chi connectivity index (χ3n) is 0.793. The number of halogens is 1. The molecule has 0 unspecified atom stereocenters. The maximum atomic E-state index is 5.02. The standard InChI is InChI=1S/C6H9IO/c1-2-3-4-5-6-8-7/h1H,3-6H2. The maximum Gasteiger partial charge on any atom is 0.109 e. The second-order valence-electron chi connectivity index (χ2n) is 1.47. The van der Waals surface area contributed by atoms with Gasteiger partial charge in [0, 0.05) is 6.42 Å². The molecule has 0 aliphatic carbocycles. The van der Waals surface area contributed by atoms with E-state index in [2.05, 4.69) is 5.92 Å². The van der Waals surface area contributed by atoms with Gasteiger partial charge in [-0.3, -0.25) is 0 Å². The predicted octanol–water partition coefficient (Wildman–Crippen LogP) is 2.16. The van der Waals surface area contributed by atoms with Gasteiger partial charge in [-0.2, -0.15) is 0 Å². The molecule has 0 atom stereocenters. The molecule has 0 aromatic carbocycles. The lowest BCUT2D eigenvalue weighted by Crippen LogP contribution is -1.81. The summed E-state index contributed by atoms with van der Waals surface area (Å²) in [6.45, 7) is 0.822. The molecule has 0 N–H and O–H groups in total. The average Bonchev–Trinajstić information content (AvgIpc) is 1.81. The molecule has 8 heavy (non-hydrogen) atoms. The Morgan fingerprint density at radius 3 is 2.75 bits per heavy atom. The van der Waals surface area contributed by atoms with Crippen LogP contribution in [0.15, 0.2) is 0 Å². The first-order chi connectivity index (χ1) is 3.91. The van der Waals surface area contributed by atoms with Gasteiger partial charge in [-0.25, -0.2) is 0 Å². The lowest BCUT2D eigenvalue weighted by molar-refractivity contribution is 0.408. The van der Waals surface area contributed by atoms with Crippen LogP contribution in [-0.2, 0) is 3.07 Å². The molecule has 0 bridgehead atoms. The number of unbranched alkanes of at least 4 members (excludes halogenated alkanes) is 2. The van der Waals surface area contributed by atoms with Crippen LogP contribution in [0.3, 0.4) is 0 Å². The van der Waals surface area contributed by atoms with Crippen LogP contribution < -0.4 is 0 Å². The van der Waals surface area contributed by atoms with E-state index in [1.165, 1.54) is 0 Å². The Bertz CT molecular complexity index is 75.1. The minimum Gasteiger partial charge on any atom is -0.316 e. The molecule has 0 saturated heterocycles. The van der Waals surface area contributed by atoms with Crippen molar-refractivity contribution < 1.29 is 3.07 Å². The van der Waals surface area contributed by atoms with Crippen molar-refractivity contribution in [3.8, 4) is 12.3 Å². The van der Waals surface area contributed by atoms with Gasteiger partial charge in [-0.1, -0.05) is 0 Å². The molecule has 0 fully saturated rings. The summed E-state index contributed by atoms with van der Waals surface area (Å²) in [7, 11) is 0. The molecule has 1 nitrogen and oxygen atoms in total. The summed E-state index contributed by atoms with van der Waals surface area (Å²) >= 11 is 1.89. The molecule has 0 rings (SSSR count). The van der Waals surface area contributed by atoms with Gasteiger partial charge in [0.15, 0.2) is 0 Å². The predicted molar refractivity (Wildman–Crippen MR) is 42.7 cm³/mol. The van der Waals surface area contributed by atoms with Crippen molar-refractivity contribution in [2.24, 2.45) is 0 Å². The minimum atomic E-state index is 0.822. The van der Waals surface area contributed by atoms with Crippen LogP contribution in [0.4, 0.5) is 0 Å². The van der Waals surface area contributed by atoms with Gasteiger partial charge in [-0.05, 0) is 12.8 Å². The van der Waals surface area contributed by atoms with Crippen LogP contribution in [0.25, 0.3) is 0 Å². The molecular formula is C6H9IO. The number of rotatable bonds is 4. The normalized spacial score (nSPS) is 8.50. The summed E-state index contributed by atoms with van der Waals surface area (Å²) in [5.74, 6) is 2.57. The van der Waals surface area contributed by atoms with Gasteiger partial charge < -0.3 is 3.07 Å². The maximum absolute atomic E-state index is 5.02. The second kappa shape index (κ2) is 7.25. The summed E-state index contributed by atoms with van der Waals surface area (Å²) in [6.07, 6.45) is 8.05. The second-order valence-corrected chi connectivity index (χ2v) is 2.10. The first-order valence-corrected chi connectivity index (χ1v) is 3.47. The van der Waals surface area contributed by atoms with E-state index < -0.39 is 0 Å². The summed E-state index contributed by atoms with van der Waals surface area (Å²) in [4.78, 5) is 0. The van der Waals surface area contributed by atoms with E-state index in [0.717, 1.165) is 25.9 Å². The van der Waals surface area contributed by atoms with Crippen LogP contribution in [0.2, 0.25) is 0 Å². The Morgan fingerprint density at radius 1 is 1.50 bits per heavy atom. The van der Waals surface area contributed by atoms with Crippen molar-refractivity contribution in [1.82, 2.24) is 0 Å². The Morgan fingerprint density at radius 2 is 2.25 bits per heavy atom. The molecule has 2 heteroatoms. The highest BCUT2D eigenvalue weighted by atomic mass is 127. The highest BCUT2D eigenvalue weighted by molar-refractivity contribution is 14.1. The van der Waals surface area contributed by atoms with Gasteiger partial charge in [0.2, 0.25) is 0 Å². The summed E-state index contributed by atoms with van der Waals surface area (Å²) in [6, 6.07) is 0. The van der Waals surface area contributed by atoms with Crippen molar-refractivity contribution in [3.05, 3.63) is 0 Å². The minimum absolute atomic E-state index is 0.822. The molecule has 0 radical (unpaired) electrons. The average molecular weight is 224 g/mol. The molecule has 0 saturated carbocycles. The molecule has 0 aliphatic heterocycles. The zero-order valence-electron chi connectivity index (χ0n) is 4.69. The van der Waals surface area contributed by atoms with E-state index in [1.807, 2.05) is 23.0 Å². The van der Waals surface area contributed by atoms with Crippen LogP contribution in [-0.4, -0.2) is 6.61 Å². The number of hydrogen-bond acceptors (Lipinski definition) is 1. The van der Waals surface area contributed by atoms with E-state index in [0.29, 0.717) is 0 Å². The molecular weight excluding hydrogens is 215 g/mol. The van der Waals surface area contributed by atoms with Gasteiger partial charge in [0.05, 0.1) is 6.61 Å². The SMILES string of the molecule is C#CCCCCOI. The van der Waals surface area contributed by atoms with Gasteiger partial charge in [-0.15, -0.1) is 12.3 Å². The van der Waals surface area contributed by atoms with Crippen LogP contribution in [0, 0.1) is 12.3 Å². The third-order valence-corrected chi connectivity index (χ3v) is 1.23. The van der Waals surface area contributed by atoms with E-state index in [4.69, 9.17) is 9.49 Å². The number of terminal acetylenes is 1. The fourth-order valence-corrected chi connectivity index (χ4v) is 0.695. The fraction of sp³-hybridized carbons (Fsp3) is 0.667. The van der Waals surface area contributed by atoms with Gasteiger partial charge >= 0.3 is 0 Å². The zero-order valence-corrected chi connectivity index (χ0v) is 6.85. The molecule has 0 spiro atoms.